The van der Waals surface area contributed by atoms with E-state index in [2.05, 4.69) is 93.7 Å². The highest BCUT2D eigenvalue weighted by molar-refractivity contribution is 8.76. The van der Waals surface area contributed by atoms with E-state index in [1.165, 1.54) is 59.3 Å². The van der Waals surface area contributed by atoms with Crippen LogP contribution in [0.5, 0.6) is 23.0 Å². The second-order valence-corrected chi connectivity index (χ2v) is 30.8. The molecule has 0 radical (unpaired) electrons. The van der Waals surface area contributed by atoms with Crippen LogP contribution in [0.15, 0.2) is 68.1 Å². The van der Waals surface area contributed by atoms with Gasteiger partial charge in [0.2, 0.25) is 11.8 Å². The van der Waals surface area contributed by atoms with Crippen molar-refractivity contribution in [3.8, 4) is 23.0 Å². The lowest BCUT2D eigenvalue weighted by Crippen LogP contribution is -2.54. The second kappa shape index (κ2) is 25.4. The lowest BCUT2D eigenvalue weighted by Gasteiger charge is -2.36. The van der Waals surface area contributed by atoms with Gasteiger partial charge in [-0.15, -0.1) is 0 Å². The van der Waals surface area contributed by atoms with Gasteiger partial charge in [-0.25, -0.2) is 9.59 Å². The van der Waals surface area contributed by atoms with Crippen molar-refractivity contribution in [2.45, 2.75) is 202 Å². The zero-order valence-electron chi connectivity index (χ0n) is 50.1. The summed E-state index contributed by atoms with van der Waals surface area (Å²) in [5.74, 6) is -3.39. The fourth-order valence-corrected chi connectivity index (χ4v) is 14.4. The number of fused-ring (bicyclic) bond motifs is 11. The first-order valence-corrected chi connectivity index (χ1v) is 31.5. The first kappa shape index (κ1) is 64.4. The molecule has 3 heterocycles. The normalized spacial score (nSPS) is 21.4. The maximum atomic E-state index is 15.3. The van der Waals surface area contributed by atoms with Gasteiger partial charge in [0.25, 0.3) is 0 Å². The van der Waals surface area contributed by atoms with Crippen molar-refractivity contribution in [2.24, 2.45) is 11.8 Å². The predicted octanol–water partition coefficient (Wildman–Crippen LogP) is 12.1. The topological polar surface area (TPSA) is 198 Å². The van der Waals surface area contributed by atoms with Gasteiger partial charge in [0.05, 0.1) is 45.9 Å². The molecule has 3 aliphatic rings. The number of hydrogen-bond donors (Lipinski definition) is 6. The third kappa shape index (κ3) is 15.3. The zero-order valence-corrected chi connectivity index (χ0v) is 53.4. The van der Waals surface area contributed by atoms with Crippen LogP contribution in [0.2, 0.25) is 0 Å². The van der Waals surface area contributed by atoms with Gasteiger partial charge in [-0.05, 0) is 80.0 Å². The molecular formula is C62H86N4O10S4. The van der Waals surface area contributed by atoms with Crippen molar-refractivity contribution in [3.63, 3.8) is 0 Å². The van der Waals surface area contributed by atoms with Gasteiger partial charge in [-0.3, -0.25) is 19.4 Å². The van der Waals surface area contributed by atoms with Crippen molar-refractivity contribution in [2.75, 3.05) is 25.7 Å². The number of carbonyl (C=O) groups is 4. The molecule has 0 fully saturated rings. The molecule has 0 spiro atoms. The molecule has 438 valence electrons. The van der Waals surface area contributed by atoms with Crippen molar-refractivity contribution in [1.29, 1.82) is 0 Å². The van der Waals surface area contributed by atoms with Crippen molar-refractivity contribution in [1.82, 2.24) is 20.4 Å². The Morgan fingerprint density at radius 3 is 0.912 bits per heavy atom. The molecule has 0 aliphatic carbocycles. The Bertz CT molecular complexity index is 2610. The lowest BCUT2D eigenvalue weighted by molar-refractivity contribution is -0.145. The third-order valence-electron chi connectivity index (χ3n) is 14.8. The number of aromatic hydroxyl groups is 4. The average molecular weight is 1180 g/mol. The number of rotatable bonds is 4. The summed E-state index contributed by atoms with van der Waals surface area (Å²) < 4.78 is 10.5. The Hall–Kier alpha value is -4.72. The van der Waals surface area contributed by atoms with Crippen LogP contribution in [-0.4, -0.2) is 104 Å². The van der Waals surface area contributed by atoms with Crippen molar-refractivity contribution >= 4 is 68.9 Å². The number of phenols is 4. The van der Waals surface area contributed by atoms with E-state index in [9.17, 15) is 30.0 Å². The van der Waals surface area contributed by atoms with E-state index >= 15 is 9.59 Å². The van der Waals surface area contributed by atoms with Crippen molar-refractivity contribution < 1.29 is 49.1 Å². The van der Waals surface area contributed by atoms with E-state index < -0.39 is 81.4 Å². The predicted molar refractivity (Wildman–Crippen MR) is 324 cm³/mol. The number of nitrogens with zero attached hydrogens (tertiary/aromatic N) is 2. The molecule has 4 aromatic rings. The molecule has 0 saturated heterocycles. The van der Waals surface area contributed by atoms with Crippen LogP contribution < -0.4 is 10.6 Å². The molecule has 0 aromatic heterocycles. The van der Waals surface area contributed by atoms with Gasteiger partial charge in [-0.1, -0.05) is 180 Å². The Balaban J connectivity index is 1.82. The van der Waals surface area contributed by atoms with Crippen molar-refractivity contribution in [3.05, 3.63) is 93.0 Å². The van der Waals surface area contributed by atoms with Crippen LogP contribution >= 0.6 is 45.1 Å². The lowest BCUT2D eigenvalue weighted by atomic mass is 9.85. The molecule has 4 aromatic carbocycles. The molecule has 80 heavy (non-hydrogen) atoms. The van der Waals surface area contributed by atoms with Gasteiger partial charge < -0.3 is 40.5 Å². The summed E-state index contributed by atoms with van der Waals surface area (Å²) in [7, 11) is 4.93. The highest BCUT2D eigenvalue weighted by Crippen LogP contribution is 2.49. The van der Waals surface area contributed by atoms with E-state index in [4.69, 9.17) is 9.47 Å². The second-order valence-electron chi connectivity index (χ2n) is 26.1. The summed E-state index contributed by atoms with van der Waals surface area (Å²) in [6.07, 6.45) is 0. The van der Waals surface area contributed by atoms with Gasteiger partial charge in [-0.2, -0.15) is 0 Å². The summed E-state index contributed by atoms with van der Waals surface area (Å²) in [5, 5.41) is 57.1. The standard InChI is InChI=1S/C62H86N4O10S4/c1-33(2)49-55(71)63-43(57(73)75-17)31-77-78-32-44(58(74)76-18)64-56(72)50(34(3)4)66-29-37-21-41(61(11,12)13)25-47(53(37)69)79-45-23-39(59(5,6)7)19-35(51(45)67)27-65(49)28-36-20-40(60(8,9)10)24-46(52(36)68)80-48-26-42(62(14,15)16)22-38(30-66)54(48)70/h19-26,33-34,43-44,49-50,67-70H,27-32H2,1-18H3,(H,63,71)(H,64,72)/t43-,44-,49-,50-/m1/s1. The Morgan fingerprint density at radius 1 is 0.475 bits per heavy atom. The molecule has 6 N–H and O–H groups in total. The van der Waals surface area contributed by atoms with E-state index in [-0.39, 0.29) is 60.7 Å². The molecule has 7 rings (SSSR count). The number of amides is 2. The fraction of sp³-hybridized carbons (Fsp3) is 0.548. The first-order chi connectivity index (χ1) is 37.0. The Labute approximate surface area is 491 Å². The number of phenolic OH excluding ortho intramolecular Hbond substituents is 4. The summed E-state index contributed by atoms with van der Waals surface area (Å²) in [5.41, 5.74) is 3.70. The number of methoxy groups -OCH3 is 2. The molecule has 2 amide bonds. The molecular weight excluding hydrogens is 1090 g/mol. The van der Waals surface area contributed by atoms with Gasteiger partial charge in [0.1, 0.15) is 35.1 Å². The quantitative estimate of drug-likeness (QED) is 0.0832. The van der Waals surface area contributed by atoms with Crippen LogP contribution in [0.4, 0.5) is 0 Å². The van der Waals surface area contributed by atoms with Gasteiger partial charge in [0, 0.05) is 59.9 Å². The minimum Gasteiger partial charge on any atom is -0.506 e. The highest BCUT2D eigenvalue weighted by Gasteiger charge is 2.38. The smallest absolute Gasteiger partial charge is 0.329 e. The Morgan fingerprint density at radius 2 is 0.713 bits per heavy atom. The van der Waals surface area contributed by atoms with E-state index in [1.54, 1.807) is 0 Å². The van der Waals surface area contributed by atoms with Crippen LogP contribution in [0.3, 0.4) is 0 Å². The summed E-state index contributed by atoms with van der Waals surface area (Å²) >= 11 is 2.43. The minimum atomic E-state index is -1.15. The number of carbonyl (C=O) groups excluding carboxylic acids is 4. The maximum Gasteiger partial charge on any atom is 0.329 e. The van der Waals surface area contributed by atoms with Crippen LogP contribution in [0, 0.1) is 11.8 Å². The largest absolute Gasteiger partial charge is 0.506 e. The van der Waals surface area contributed by atoms with E-state index in [1.807, 2.05) is 86.0 Å². The number of benzene rings is 4. The number of esters is 2. The molecule has 10 bridgehead atoms. The van der Waals surface area contributed by atoms with Crippen LogP contribution in [-0.2, 0) is 76.5 Å². The zero-order chi connectivity index (χ0) is 59.7. The van der Waals surface area contributed by atoms with Gasteiger partial charge >= 0.3 is 11.9 Å². The SMILES string of the molecule is COC(=O)[C@H]1CSSC[C@H](C(=O)OC)NC(=O)[C@@H](C(C)C)N2Cc3cc(C(C)(C)C)cc(c3O)Sc3cc(C(C)(C)C)cc(c3O)CN(Cc3cc(C(C)(C)C)cc(c3O)Sc3cc(C(C)(C)C)cc(c3O)C2)[C@H](C(C)C)C(=O)N1. The van der Waals surface area contributed by atoms with Gasteiger partial charge in [0.15, 0.2) is 0 Å². The number of hydrogen-bond acceptors (Lipinski definition) is 16. The monoisotopic (exact) mass is 1170 g/mol. The molecule has 3 aliphatic heterocycles. The number of ether oxygens (including phenoxy) is 2. The fourth-order valence-electron chi connectivity index (χ4n) is 9.95. The highest BCUT2D eigenvalue weighted by atomic mass is 33.1. The number of nitrogens with one attached hydrogen (secondary N) is 2. The maximum absolute atomic E-state index is 15.3. The molecule has 0 saturated carbocycles. The van der Waals surface area contributed by atoms with E-state index in [0.717, 1.165) is 22.3 Å². The molecule has 14 nitrogen and oxygen atoms in total. The summed E-state index contributed by atoms with van der Waals surface area (Å²) in [4.78, 5) is 63.5. The Kier molecular flexibility index (Phi) is 20.5. The molecule has 0 unspecified atom stereocenters. The molecule has 18 heteroatoms. The van der Waals surface area contributed by atoms with Crippen LogP contribution in [0.1, 0.15) is 155 Å². The van der Waals surface area contributed by atoms with E-state index in [0.29, 0.717) is 41.8 Å². The summed E-state index contributed by atoms with van der Waals surface area (Å²) in [6.45, 7) is 32.5. The average Bonchev–Trinajstić information content (AvgIpc) is 3.35. The van der Waals surface area contributed by atoms with Crippen LogP contribution in [0.25, 0.3) is 0 Å². The first-order valence-electron chi connectivity index (χ1n) is 27.3. The molecule has 4 atom stereocenters. The third-order valence-corrected chi connectivity index (χ3v) is 19.3. The summed E-state index contributed by atoms with van der Waals surface area (Å²) in [6, 6.07) is 11.3. The minimum absolute atomic E-state index is 0.00668.